The molecule has 0 radical (unpaired) electrons. The standard InChI is InChI=1S/C17H26N4/c1-14(2)11-19-17(18)20-12-16-9-6-10-21(16)13-15-7-4-3-5-8-15/h3-5,7-8,16H,1,6,9-13H2,2H3,(H3,18,19,20). The fourth-order valence-electron chi connectivity index (χ4n) is 2.65. The van der Waals surface area contributed by atoms with Gasteiger partial charge < -0.3 is 11.1 Å². The Morgan fingerprint density at radius 1 is 1.43 bits per heavy atom. The minimum absolute atomic E-state index is 0.518. The van der Waals surface area contributed by atoms with Crippen molar-refractivity contribution in [1.82, 2.24) is 10.2 Å². The van der Waals surface area contributed by atoms with E-state index in [0.29, 0.717) is 18.5 Å². The molecule has 1 heterocycles. The maximum absolute atomic E-state index is 5.88. The van der Waals surface area contributed by atoms with Gasteiger partial charge in [-0.25, -0.2) is 4.99 Å². The van der Waals surface area contributed by atoms with Crippen LogP contribution in [0.25, 0.3) is 0 Å². The molecular formula is C17H26N4. The molecule has 1 aliphatic heterocycles. The summed E-state index contributed by atoms with van der Waals surface area (Å²) in [6.07, 6.45) is 2.47. The van der Waals surface area contributed by atoms with Crippen LogP contribution in [0.5, 0.6) is 0 Å². The Labute approximate surface area is 127 Å². The van der Waals surface area contributed by atoms with Crippen LogP contribution >= 0.6 is 0 Å². The van der Waals surface area contributed by atoms with Crippen LogP contribution in [0.15, 0.2) is 47.5 Å². The monoisotopic (exact) mass is 286 g/mol. The van der Waals surface area contributed by atoms with Gasteiger partial charge in [-0.2, -0.15) is 0 Å². The van der Waals surface area contributed by atoms with Crippen LogP contribution in [0.4, 0.5) is 0 Å². The first-order chi connectivity index (χ1) is 10.1. The molecule has 1 unspecified atom stereocenters. The van der Waals surface area contributed by atoms with E-state index in [-0.39, 0.29) is 0 Å². The average molecular weight is 286 g/mol. The van der Waals surface area contributed by atoms with Gasteiger partial charge in [-0.05, 0) is 31.9 Å². The molecule has 1 aromatic carbocycles. The Hall–Kier alpha value is -1.81. The zero-order valence-electron chi connectivity index (χ0n) is 12.9. The van der Waals surface area contributed by atoms with Gasteiger partial charge in [0, 0.05) is 19.1 Å². The normalized spacial score (nSPS) is 19.7. The van der Waals surface area contributed by atoms with E-state index < -0.39 is 0 Å². The van der Waals surface area contributed by atoms with Crippen molar-refractivity contribution < 1.29 is 0 Å². The third-order valence-electron chi connectivity index (χ3n) is 3.77. The van der Waals surface area contributed by atoms with Crippen LogP contribution in [-0.2, 0) is 6.54 Å². The van der Waals surface area contributed by atoms with Gasteiger partial charge in [-0.15, -0.1) is 0 Å². The zero-order chi connectivity index (χ0) is 15.1. The number of benzene rings is 1. The molecule has 2 rings (SSSR count). The number of guanidine groups is 1. The number of rotatable bonds is 6. The molecule has 1 fully saturated rings. The minimum Gasteiger partial charge on any atom is -0.370 e. The van der Waals surface area contributed by atoms with Crippen LogP contribution < -0.4 is 11.1 Å². The highest BCUT2D eigenvalue weighted by atomic mass is 15.2. The van der Waals surface area contributed by atoms with Crippen LogP contribution in [0.1, 0.15) is 25.3 Å². The molecule has 1 saturated heterocycles. The quantitative estimate of drug-likeness (QED) is 0.478. The van der Waals surface area contributed by atoms with Crippen molar-refractivity contribution in [1.29, 1.82) is 0 Å². The number of hydrogen-bond acceptors (Lipinski definition) is 2. The fourth-order valence-corrected chi connectivity index (χ4v) is 2.65. The van der Waals surface area contributed by atoms with Crippen molar-refractivity contribution >= 4 is 5.96 Å². The molecule has 21 heavy (non-hydrogen) atoms. The van der Waals surface area contributed by atoms with Crippen molar-refractivity contribution in [3.05, 3.63) is 48.0 Å². The summed E-state index contributed by atoms with van der Waals surface area (Å²) in [5, 5.41) is 3.24. The van der Waals surface area contributed by atoms with Gasteiger partial charge in [0.1, 0.15) is 0 Å². The topological polar surface area (TPSA) is 53.6 Å². The van der Waals surface area contributed by atoms with Gasteiger partial charge >= 0.3 is 0 Å². The maximum atomic E-state index is 5.88. The molecule has 0 saturated carbocycles. The third kappa shape index (κ3) is 5.23. The first kappa shape index (κ1) is 15.6. The molecule has 114 valence electrons. The minimum atomic E-state index is 0.518. The Bertz CT molecular complexity index is 481. The highest BCUT2D eigenvalue weighted by Gasteiger charge is 2.24. The van der Waals surface area contributed by atoms with Gasteiger partial charge in [0.2, 0.25) is 0 Å². The van der Waals surface area contributed by atoms with E-state index in [1.54, 1.807) is 0 Å². The molecule has 3 N–H and O–H groups in total. The predicted molar refractivity (Wildman–Crippen MR) is 89.2 cm³/mol. The summed E-state index contributed by atoms with van der Waals surface area (Å²) in [6.45, 7) is 9.40. The lowest BCUT2D eigenvalue weighted by Gasteiger charge is -2.25. The molecule has 4 heteroatoms. The van der Waals surface area contributed by atoms with Crippen LogP contribution in [0, 0.1) is 0 Å². The van der Waals surface area contributed by atoms with Gasteiger partial charge in [0.15, 0.2) is 5.96 Å². The Morgan fingerprint density at radius 2 is 2.19 bits per heavy atom. The molecule has 0 aliphatic carbocycles. The largest absolute Gasteiger partial charge is 0.370 e. The molecule has 0 aromatic heterocycles. The second kappa shape index (κ2) is 7.84. The van der Waals surface area contributed by atoms with Crippen LogP contribution in [0.3, 0.4) is 0 Å². The molecule has 1 atom stereocenters. The van der Waals surface area contributed by atoms with Crippen molar-refractivity contribution in [3.8, 4) is 0 Å². The number of nitrogens with one attached hydrogen (secondary N) is 1. The molecular weight excluding hydrogens is 260 g/mol. The zero-order valence-corrected chi connectivity index (χ0v) is 12.9. The molecule has 0 bridgehead atoms. The SMILES string of the molecule is C=C(C)CN=C(N)NCC1CCCN1Cc1ccccc1. The number of likely N-dealkylation sites (tertiary alicyclic amines) is 1. The number of nitrogens with zero attached hydrogens (tertiary/aromatic N) is 2. The van der Waals surface area contributed by atoms with Crippen molar-refractivity contribution in [2.45, 2.75) is 32.4 Å². The lowest BCUT2D eigenvalue weighted by atomic mass is 10.2. The lowest BCUT2D eigenvalue weighted by molar-refractivity contribution is 0.245. The number of hydrogen-bond donors (Lipinski definition) is 2. The lowest BCUT2D eigenvalue weighted by Crippen LogP contribution is -2.42. The summed E-state index contributed by atoms with van der Waals surface area (Å²) < 4.78 is 0. The second-order valence-corrected chi connectivity index (χ2v) is 5.79. The van der Waals surface area contributed by atoms with Gasteiger partial charge in [-0.1, -0.05) is 42.5 Å². The average Bonchev–Trinajstić information content (AvgIpc) is 2.91. The van der Waals surface area contributed by atoms with Crippen molar-refractivity contribution in [2.75, 3.05) is 19.6 Å². The van der Waals surface area contributed by atoms with E-state index in [9.17, 15) is 0 Å². The first-order valence-corrected chi connectivity index (χ1v) is 7.61. The summed E-state index contributed by atoms with van der Waals surface area (Å²) in [6, 6.07) is 11.2. The molecule has 4 nitrogen and oxygen atoms in total. The molecule has 1 aromatic rings. The van der Waals surface area contributed by atoms with Gasteiger partial charge in [-0.3, -0.25) is 4.90 Å². The van der Waals surface area contributed by atoms with Crippen molar-refractivity contribution in [2.24, 2.45) is 10.7 Å². The van der Waals surface area contributed by atoms with Gasteiger partial charge in [0.05, 0.1) is 6.54 Å². The van der Waals surface area contributed by atoms with Crippen LogP contribution in [-0.4, -0.2) is 36.5 Å². The van der Waals surface area contributed by atoms with E-state index in [2.05, 4.69) is 52.1 Å². The fraction of sp³-hybridized carbons (Fsp3) is 0.471. The van der Waals surface area contributed by atoms with E-state index in [1.165, 1.54) is 18.4 Å². The van der Waals surface area contributed by atoms with E-state index in [4.69, 9.17) is 5.73 Å². The smallest absolute Gasteiger partial charge is 0.188 e. The third-order valence-corrected chi connectivity index (χ3v) is 3.77. The molecule has 0 spiro atoms. The summed E-state index contributed by atoms with van der Waals surface area (Å²) in [5.41, 5.74) is 8.27. The van der Waals surface area contributed by atoms with E-state index >= 15 is 0 Å². The highest BCUT2D eigenvalue weighted by molar-refractivity contribution is 5.77. The Kier molecular flexibility index (Phi) is 5.81. The summed E-state index contributed by atoms with van der Waals surface area (Å²) in [4.78, 5) is 6.78. The number of aliphatic imine (C=N–C) groups is 1. The van der Waals surface area contributed by atoms with E-state index in [0.717, 1.165) is 25.2 Å². The van der Waals surface area contributed by atoms with Crippen molar-refractivity contribution in [3.63, 3.8) is 0 Å². The summed E-state index contributed by atoms with van der Waals surface area (Å²) in [7, 11) is 0. The number of nitrogens with two attached hydrogens (primary N) is 1. The Balaban J connectivity index is 1.82. The Morgan fingerprint density at radius 3 is 2.90 bits per heavy atom. The molecule has 1 aliphatic rings. The summed E-state index contributed by atoms with van der Waals surface area (Å²) in [5.74, 6) is 0.518. The predicted octanol–water partition coefficient (Wildman–Crippen LogP) is 2.13. The first-order valence-electron chi connectivity index (χ1n) is 7.61. The van der Waals surface area contributed by atoms with E-state index in [1.807, 2.05) is 6.92 Å². The summed E-state index contributed by atoms with van der Waals surface area (Å²) >= 11 is 0. The highest BCUT2D eigenvalue weighted by Crippen LogP contribution is 2.19. The van der Waals surface area contributed by atoms with Gasteiger partial charge in [0.25, 0.3) is 0 Å². The molecule has 0 amide bonds. The maximum Gasteiger partial charge on any atom is 0.188 e. The second-order valence-electron chi connectivity index (χ2n) is 5.79. The van der Waals surface area contributed by atoms with Crippen LogP contribution in [0.2, 0.25) is 0 Å².